The van der Waals surface area contributed by atoms with E-state index in [2.05, 4.69) is 12.1 Å². The van der Waals surface area contributed by atoms with Crippen molar-refractivity contribution in [3.05, 3.63) is 35.4 Å². The van der Waals surface area contributed by atoms with Crippen LogP contribution in [-0.2, 0) is 6.42 Å². The molecule has 0 aromatic heterocycles. The second kappa shape index (κ2) is 4.11. The van der Waals surface area contributed by atoms with E-state index in [1.807, 2.05) is 12.1 Å². The zero-order chi connectivity index (χ0) is 9.97. The first kappa shape index (κ1) is 9.69. The Morgan fingerprint density at radius 3 is 2.64 bits per heavy atom. The largest absolute Gasteiger partial charge is 0.396 e. The number of hydrogen-bond donors (Lipinski definition) is 2. The highest BCUT2D eigenvalue weighted by atomic mass is 16.3. The first-order valence-corrected chi connectivity index (χ1v) is 5.14. The summed E-state index contributed by atoms with van der Waals surface area (Å²) < 4.78 is 0. The lowest BCUT2D eigenvalue weighted by atomic mass is 9.77. The van der Waals surface area contributed by atoms with Crippen LogP contribution < -0.4 is 0 Å². The Bertz CT molecular complexity index is 309. The Labute approximate surface area is 84.2 Å². The van der Waals surface area contributed by atoms with Gasteiger partial charge in [-0.1, -0.05) is 24.3 Å². The summed E-state index contributed by atoms with van der Waals surface area (Å²) in [5, 5.41) is 18.4. The third-order valence-corrected chi connectivity index (χ3v) is 3.10. The maximum absolute atomic E-state index is 9.27. The van der Waals surface area contributed by atoms with Crippen molar-refractivity contribution in [2.24, 2.45) is 5.92 Å². The molecule has 0 fully saturated rings. The van der Waals surface area contributed by atoms with Crippen molar-refractivity contribution in [1.29, 1.82) is 0 Å². The number of aliphatic hydroxyl groups excluding tert-OH is 2. The van der Waals surface area contributed by atoms with Gasteiger partial charge in [0.1, 0.15) is 0 Å². The van der Waals surface area contributed by atoms with Crippen LogP contribution in [0.5, 0.6) is 0 Å². The normalized spacial score (nSPS) is 25.9. The van der Waals surface area contributed by atoms with Crippen LogP contribution in [0.25, 0.3) is 0 Å². The molecule has 1 aromatic rings. The Morgan fingerprint density at radius 2 is 1.93 bits per heavy atom. The topological polar surface area (TPSA) is 40.5 Å². The molecule has 2 nitrogen and oxygen atoms in total. The van der Waals surface area contributed by atoms with Crippen molar-refractivity contribution in [2.45, 2.75) is 18.8 Å². The second-order valence-electron chi connectivity index (χ2n) is 4.07. The van der Waals surface area contributed by atoms with E-state index in [-0.39, 0.29) is 19.1 Å². The molecule has 14 heavy (non-hydrogen) atoms. The summed E-state index contributed by atoms with van der Waals surface area (Å²) in [6, 6.07) is 8.22. The third kappa shape index (κ3) is 1.68. The van der Waals surface area contributed by atoms with Crippen LogP contribution in [0.15, 0.2) is 24.3 Å². The lowest BCUT2D eigenvalue weighted by Crippen LogP contribution is -2.23. The fraction of sp³-hybridized carbons (Fsp3) is 0.500. The highest BCUT2D eigenvalue weighted by Gasteiger charge is 2.25. The van der Waals surface area contributed by atoms with Gasteiger partial charge in [0.15, 0.2) is 0 Å². The van der Waals surface area contributed by atoms with Gasteiger partial charge in [-0.05, 0) is 29.9 Å². The van der Waals surface area contributed by atoms with Gasteiger partial charge in [0, 0.05) is 19.1 Å². The van der Waals surface area contributed by atoms with E-state index in [4.69, 9.17) is 5.11 Å². The molecule has 2 N–H and O–H groups in total. The predicted molar refractivity (Wildman–Crippen MR) is 55.2 cm³/mol. The third-order valence-electron chi connectivity index (χ3n) is 3.10. The smallest absolute Gasteiger partial charge is 0.0499 e. The van der Waals surface area contributed by atoms with Gasteiger partial charge in [-0.3, -0.25) is 0 Å². The van der Waals surface area contributed by atoms with Crippen molar-refractivity contribution < 1.29 is 10.2 Å². The molecule has 2 heteroatoms. The molecular weight excluding hydrogens is 176 g/mol. The van der Waals surface area contributed by atoms with Gasteiger partial charge >= 0.3 is 0 Å². The van der Waals surface area contributed by atoms with Crippen LogP contribution in [-0.4, -0.2) is 23.4 Å². The first-order valence-electron chi connectivity index (χ1n) is 5.14. The molecule has 1 aromatic carbocycles. The highest BCUT2D eigenvalue weighted by molar-refractivity contribution is 5.33. The summed E-state index contributed by atoms with van der Waals surface area (Å²) in [6.07, 6.45) is 1.85. The lowest BCUT2D eigenvalue weighted by molar-refractivity contribution is 0.178. The van der Waals surface area contributed by atoms with Crippen LogP contribution in [0, 0.1) is 5.92 Å². The van der Waals surface area contributed by atoms with Crippen molar-refractivity contribution in [1.82, 2.24) is 0 Å². The van der Waals surface area contributed by atoms with Gasteiger partial charge in [-0.25, -0.2) is 0 Å². The zero-order valence-corrected chi connectivity index (χ0v) is 8.19. The van der Waals surface area contributed by atoms with Crippen molar-refractivity contribution in [3.8, 4) is 0 Å². The molecule has 2 unspecified atom stereocenters. The maximum Gasteiger partial charge on any atom is 0.0499 e. The van der Waals surface area contributed by atoms with Crippen LogP contribution in [0.1, 0.15) is 23.5 Å². The number of rotatable bonds is 2. The molecule has 2 atom stereocenters. The van der Waals surface area contributed by atoms with Crippen LogP contribution >= 0.6 is 0 Å². The van der Waals surface area contributed by atoms with E-state index < -0.39 is 0 Å². The molecule has 0 aliphatic heterocycles. The number of fused-ring (bicyclic) bond motifs is 1. The van der Waals surface area contributed by atoms with E-state index in [0.29, 0.717) is 5.92 Å². The van der Waals surface area contributed by atoms with Gasteiger partial charge in [0.25, 0.3) is 0 Å². The zero-order valence-electron chi connectivity index (χ0n) is 8.19. The standard InChI is InChI=1S/C12H16O2/c13-7-9-5-10-3-1-2-4-12(10)11(6-9)8-14/h1-4,9,11,13-14H,5-8H2. The van der Waals surface area contributed by atoms with E-state index >= 15 is 0 Å². The molecule has 1 aliphatic carbocycles. The number of aliphatic hydroxyl groups is 2. The van der Waals surface area contributed by atoms with E-state index in [0.717, 1.165) is 12.8 Å². The minimum atomic E-state index is 0.188. The second-order valence-corrected chi connectivity index (χ2v) is 4.07. The fourth-order valence-electron chi connectivity index (χ4n) is 2.35. The SMILES string of the molecule is OCC1Cc2ccccc2C(CO)C1. The van der Waals surface area contributed by atoms with Crippen LogP contribution in [0.3, 0.4) is 0 Å². The molecule has 2 rings (SSSR count). The summed E-state index contributed by atoms with van der Waals surface area (Å²) in [6.45, 7) is 0.415. The minimum absolute atomic E-state index is 0.188. The van der Waals surface area contributed by atoms with Gasteiger partial charge in [-0.2, -0.15) is 0 Å². The monoisotopic (exact) mass is 192 g/mol. The average Bonchev–Trinajstić information content (AvgIpc) is 2.27. The molecular formula is C12H16O2. The molecule has 0 saturated heterocycles. The Kier molecular flexibility index (Phi) is 2.85. The summed E-state index contributed by atoms with van der Waals surface area (Å²) in [5.41, 5.74) is 2.55. The predicted octanol–water partition coefficient (Wildman–Crippen LogP) is 1.32. The van der Waals surface area contributed by atoms with Gasteiger partial charge in [0.2, 0.25) is 0 Å². The van der Waals surface area contributed by atoms with Crippen molar-refractivity contribution in [3.63, 3.8) is 0 Å². The number of hydrogen-bond acceptors (Lipinski definition) is 2. The number of benzene rings is 1. The van der Waals surface area contributed by atoms with Gasteiger partial charge < -0.3 is 10.2 Å². The van der Waals surface area contributed by atoms with Gasteiger partial charge in [0.05, 0.1) is 0 Å². The summed E-state index contributed by atoms with van der Waals surface area (Å²) in [5.74, 6) is 0.541. The molecule has 1 aliphatic rings. The first-order chi connectivity index (χ1) is 6.85. The Balaban J connectivity index is 2.31. The molecule has 0 spiro atoms. The quantitative estimate of drug-likeness (QED) is 0.742. The van der Waals surface area contributed by atoms with Crippen LogP contribution in [0.2, 0.25) is 0 Å². The molecule has 0 radical (unpaired) electrons. The Hall–Kier alpha value is -0.860. The molecule has 0 amide bonds. The summed E-state index contributed by atoms with van der Waals surface area (Å²) >= 11 is 0. The van der Waals surface area contributed by atoms with E-state index in [9.17, 15) is 5.11 Å². The highest BCUT2D eigenvalue weighted by Crippen LogP contribution is 2.34. The van der Waals surface area contributed by atoms with E-state index in [1.54, 1.807) is 0 Å². The summed E-state index contributed by atoms with van der Waals surface area (Å²) in [7, 11) is 0. The molecule has 0 saturated carbocycles. The lowest BCUT2D eigenvalue weighted by Gasteiger charge is -2.29. The van der Waals surface area contributed by atoms with Crippen LogP contribution in [0.4, 0.5) is 0 Å². The summed E-state index contributed by atoms with van der Waals surface area (Å²) in [4.78, 5) is 0. The maximum atomic E-state index is 9.27. The van der Waals surface area contributed by atoms with Crippen molar-refractivity contribution >= 4 is 0 Å². The minimum Gasteiger partial charge on any atom is -0.396 e. The molecule has 0 bridgehead atoms. The fourth-order valence-corrected chi connectivity index (χ4v) is 2.35. The Morgan fingerprint density at radius 1 is 1.14 bits per heavy atom. The molecule has 0 heterocycles. The molecule has 76 valence electrons. The van der Waals surface area contributed by atoms with E-state index in [1.165, 1.54) is 11.1 Å². The van der Waals surface area contributed by atoms with Gasteiger partial charge in [-0.15, -0.1) is 0 Å². The average molecular weight is 192 g/mol. The van der Waals surface area contributed by atoms with Crippen molar-refractivity contribution in [2.75, 3.05) is 13.2 Å².